The third-order valence-electron chi connectivity index (χ3n) is 3.31. The highest BCUT2D eigenvalue weighted by Crippen LogP contribution is 2.27. The van der Waals surface area contributed by atoms with Crippen LogP contribution in [0.5, 0.6) is 0 Å². The van der Waals surface area contributed by atoms with Crippen LogP contribution in [0.1, 0.15) is 24.0 Å². The van der Waals surface area contributed by atoms with E-state index in [2.05, 4.69) is 33.4 Å². The number of carbonyl (C=O) groups excluding carboxylic acids is 1. The standard InChI is InChI=1S/C17H19BrN2O/c1-12-10-14(18)11-15(19)17(12)20-16(21)9-5-8-13-6-3-2-4-7-13/h2-4,6-7,10-11H,5,8-9,19H2,1H3,(H,20,21). The largest absolute Gasteiger partial charge is 0.397 e. The zero-order chi connectivity index (χ0) is 15.2. The first kappa shape index (κ1) is 15.6. The molecule has 4 heteroatoms. The van der Waals surface area contributed by atoms with Crippen LogP contribution in [0, 0.1) is 6.92 Å². The summed E-state index contributed by atoms with van der Waals surface area (Å²) in [5, 5.41) is 2.91. The molecule has 0 fully saturated rings. The molecule has 0 aromatic heterocycles. The number of nitrogen functional groups attached to an aromatic ring is 1. The second-order valence-electron chi connectivity index (χ2n) is 5.07. The molecule has 0 spiro atoms. The Labute approximate surface area is 133 Å². The zero-order valence-electron chi connectivity index (χ0n) is 12.0. The number of aryl methyl sites for hydroxylation is 2. The average Bonchev–Trinajstić information content (AvgIpc) is 2.44. The number of rotatable bonds is 5. The van der Waals surface area contributed by atoms with Crippen molar-refractivity contribution >= 4 is 33.2 Å². The molecule has 2 rings (SSSR count). The molecule has 1 amide bonds. The third kappa shape index (κ3) is 4.60. The van der Waals surface area contributed by atoms with Gasteiger partial charge in [-0.05, 0) is 43.0 Å². The van der Waals surface area contributed by atoms with E-state index in [9.17, 15) is 4.79 Å². The summed E-state index contributed by atoms with van der Waals surface area (Å²) in [4.78, 5) is 12.0. The average molecular weight is 347 g/mol. The van der Waals surface area contributed by atoms with Gasteiger partial charge in [0.15, 0.2) is 0 Å². The summed E-state index contributed by atoms with van der Waals surface area (Å²) >= 11 is 3.39. The topological polar surface area (TPSA) is 55.1 Å². The van der Waals surface area contributed by atoms with Crippen LogP contribution >= 0.6 is 15.9 Å². The number of hydrogen-bond acceptors (Lipinski definition) is 2. The molecule has 3 nitrogen and oxygen atoms in total. The van der Waals surface area contributed by atoms with E-state index < -0.39 is 0 Å². The molecule has 2 aromatic carbocycles. The number of carbonyl (C=O) groups is 1. The second-order valence-corrected chi connectivity index (χ2v) is 5.99. The van der Waals surface area contributed by atoms with Gasteiger partial charge in [-0.25, -0.2) is 0 Å². The van der Waals surface area contributed by atoms with Gasteiger partial charge in [0.2, 0.25) is 5.91 Å². The van der Waals surface area contributed by atoms with Gasteiger partial charge in [0, 0.05) is 10.9 Å². The minimum atomic E-state index is 0.00283. The fourth-order valence-corrected chi connectivity index (χ4v) is 2.83. The van der Waals surface area contributed by atoms with E-state index in [-0.39, 0.29) is 5.91 Å². The van der Waals surface area contributed by atoms with Gasteiger partial charge in [-0.1, -0.05) is 46.3 Å². The SMILES string of the molecule is Cc1cc(Br)cc(N)c1NC(=O)CCCc1ccccc1. The molecule has 0 saturated heterocycles. The fraction of sp³-hybridized carbons (Fsp3) is 0.235. The minimum absolute atomic E-state index is 0.00283. The maximum atomic E-state index is 12.0. The lowest BCUT2D eigenvalue weighted by Gasteiger charge is -2.12. The molecule has 0 saturated carbocycles. The molecule has 0 heterocycles. The van der Waals surface area contributed by atoms with Gasteiger partial charge in [0.05, 0.1) is 11.4 Å². The number of anilines is 2. The molecule has 0 unspecified atom stereocenters. The Hall–Kier alpha value is -1.81. The highest BCUT2D eigenvalue weighted by Gasteiger charge is 2.09. The van der Waals surface area contributed by atoms with Gasteiger partial charge in [0.1, 0.15) is 0 Å². The van der Waals surface area contributed by atoms with Gasteiger partial charge >= 0.3 is 0 Å². The summed E-state index contributed by atoms with van der Waals surface area (Å²) < 4.78 is 0.916. The van der Waals surface area contributed by atoms with Crippen molar-refractivity contribution in [3.8, 4) is 0 Å². The molecule has 0 aliphatic carbocycles. The van der Waals surface area contributed by atoms with E-state index in [1.54, 1.807) is 6.07 Å². The van der Waals surface area contributed by atoms with Crippen molar-refractivity contribution in [3.63, 3.8) is 0 Å². The van der Waals surface area contributed by atoms with Crippen LogP contribution in [0.4, 0.5) is 11.4 Å². The molecule has 3 N–H and O–H groups in total. The minimum Gasteiger partial charge on any atom is -0.397 e. The zero-order valence-corrected chi connectivity index (χ0v) is 13.6. The highest BCUT2D eigenvalue weighted by atomic mass is 79.9. The normalized spacial score (nSPS) is 10.4. The summed E-state index contributed by atoms with van der Waals surface area (Å²) in [5.41, 5.74) is 9.45. The number of amides is 1. The van der Waals surface area contributed by atoms with E-state index in [4.69, 9.17) is 5.73 Å². The fourth-order valence-electron chi connectivity index (χ4n) is 2.24. The monoisotopic (exact) mass is 346 g/mol. The van der Waals surface area contributed by atoms with Gasteiger partial charge in [-0.15, -0.1) is 0 Å². The molecule has 0 aliphatic rings. The number of benzene rings is 2. The smallest absolute Gasteiger partial charge is 0.224 e. The quantitative estimate of drug-likeness (QED) is 0.793. The Morgan fingerprint density at radius 2 is 1.95 bits per heavy atom. The molecule has 0 radical (unpaired) electrons. The predicted octanol–water partition coefficient (Wildman–Crippen LogP) is 4.30. The number of hydrogen-bond donors (Lipinski definition) is 2. The lowest BCUT2D eigenvalue weighted by molar-refractivity contribution is -0.116. The maximum Gasteiger partial charge on any atom is 0.224 e. The van der Waals surface area contributed by atoms with E-state index in [1.165, 1.54) is 5.56 Å². The van der Waals surface area contributed by atoms with Gasteiger partial charge in [-0.2, -0.15) is 0 Å². The Balaban J connectivity index is 1.88. The molecular formula is C17H19BrN2O. The molecule has 0 aliphatic heterocycles. The number of nitrogens with one attached hydrogen (secondary N) is 1. The Kier molecular flexibility index (Phi) is 5.39. The highest BCUT2D eigenvalue weighted by molar-refractivity contribution is 9.10. The van der Waals surface area contributed by atoms with Crippen LogP contribution in [-0.4, -0.2) is 5.91 Å². The van der Waals surface area contributed by atoms with E-state index in [0.717, 1.165) is 22.9 Å². The summed E-state index contributed by atoms with van der Waals surface area (Å²) in [6.07, 6.45) is 2.22. The Bertz CT molecular complexity index is 603. The molecule has 0 bridgehead atoms. The molecular weight excluding hydrogens is 328 g/mol. The van der Waals surface area contributed by atoms with Crippen molar-refractivity contribution in [3.05, 3.63) is 58.1 Å². The van der Waals surface area contributed by atoms with Crippen molar-refractivity contribution in [1.82, 2.24) is 0 Å². The van der Waals surface area contributed by atoms with Crippen molar-refractivity contribution in [2.24, 2.45) is 0 Å². The number of halogens is 1. The lowest BCUT2D eigenvalue weighted by Crippen LogP contribution is -2.14. The second kappa shape index (κ2) is 7.27. The summed E-state index contributed by atoms with van der Waals surface area (Å²) in [7, 11) is 0. The first-order chi connectivity index (χ1) is 10.1. The van der Waals surface area contributed by atoms with Crippen LogP contribution in [0.25, 0.3) is 0 Å². The predicted molar refractivity (Wildman–Crippen MR) is 91.3 cm³/mol. The van der Waals surface area contributed by atoms with Crippen molar-refractivity contribution < 1.29 is 4.79 Å². The van der Waals surface area contributed by atoms with Crippen LogP contribution in [0.2, 0.25) is 0 Å². The molecule has 0 atom stereocenters. The van der Waals surface area contributed by atoms with Crippen LogP contribution in [-0.2, 0) is 11.2 Å². The maximum absolute atomic E-state index is 12.0. The summed E-state index contributed by atoms with van der Waals surface area (Å²) in [6.45, 7) is 1.93. The van der Waals surface area contributed by atoms with Crippen LogP contribution in [0.15, 0.2) is 46.9 Å². The van der Waals surface area contributed by atoms with Crippen LogP contribution in [0.3, 0.4) is 0 Å². The van der Waals surface area contributed by atoms with Crippen molar-refractivity contribution in [1.29, 1.82) is 0 Å². The molecule has 2 aromatic rings. The number of nitrogens with two attached hydrogens (primary N) is 1. The van der Waals surface area contributed by atoms with E-state index in [1.807, 2.05) is 31.2 Å². The van der Waals surface area contributed by atoms with Gasteiger partial charge < -0.3 is 11.1 Å². The molecule has 21 heavy (non-hydrogen) atoms. The first-order valence-electron chi connectivity index (χ1n) is 6.95. The van der Waals surface area contributed by atoms with E-state index >= 15 is 0 Å². The summed E-state index contributed by atoms with van der Waals surface area (Å²) in [6, 6.07) is 13.9. The van der Waals surface area contributed by atoms with Crippen LogP contribution < -0.4 is 11.1 Å². The van der Waals surface area contributed by atoms with Gasteiger partial charge in [-0.3, -0.25) is 4.79 Å². The Morgan fingerprint density at radius 3 is 2.62 bits per heavy atom. The Morgan fingerprint density at radius 1 is 1.24 bits per heavy atom. The van der Waals surface area contributed by atoms with Crippen molar-refractivity contribution in [2.75, 3.05) is 11.1 Å². The first-order valence-corrected chi connectivity index (χ1v) is 7.75. The lowest BCUT2D eigenvalue weighted by atomic mass is 10.1. The third-order valence-corrected chi connectivity index (χ3v) is 3.77. The van der Waals surface area contributed by atoms with Gasteiger partial charge in [0.25, 0.3) is 0 Å². The molecule has 110 valence electrons. The summed E-state index contributed by atoms with van der Waals surface area (Å²) in [5.74, 6) is 0.00283. The van der Waals surface area contributed by atoms with Crippen molar-refractivity contribution in [2.45, 2.75) is 26.2 Å². The van der Waals surface area contributed by atoms with E-state index in [0.29, 0.717) is 17.8 Å².